The molecule has 4 heteroatoms. The van der Waals surface area contributed by atoms with Crippen LogP contribution >= 0.6 is 0 Å². The molecule has 1 fully saturated rings. The second-order valence-electron chi connectivity index (χ2n) is 6.70. The molecule has 0 amide bonds. The van der Waals surface area contributed by atoms with Crippen molar-refractivity contribution in [2.24, 2.45) is 5.92 Å². The summed E-state index contributed by atoms with van der Waals surface area (Å²) in [5.74, 6) is -0.213. The Kier molecular flexibility index (Phi) is 4.44. The van der Waals surface area contributed by atoms with Crippen LogP contribution in [0.2, 0.25) is 0 Å². The SMILES string of the molecule is CCC(C)C(=O)OC1CC(C)(C)N([O])C(C)(C)C1. The van der Waals surface area contributed by atoms with Crippen molar-refractivity contribution >= 4 is 5.97 Å². The molecule has 1 aliphatic heterocycles. The van der Waals surface area contributed by atoms with Gasteiger partial charge in [-0.3, -0.25) is 4.79 Å². The van der Waals surface area contributed by atoms with Crippen molar-refractivity contribution in [2.75, 3.05) is 0 Å². The average Bonchev–Trinajstić information content (AvgIpc) is 2.23. The molecule has 4 nitrogen and oxygen atoms in total. The van der Waals surface area contributed by atoms with Crippen LogP contribution in [0.3, 0.4) is 0 Å². The smallest absolute Gasteiger partial charge is 0.308 e. The second kappa shape index (κ2) is 5.17. The Morgan fingerprint density at radius 3 is 2.11 bits per heavy atom. The van der Waals surface area contributed by atoms with Gasteiger partial charge in [0.25, 0.3) is 0 Å². The van der Waals surface area contributed by atoms with E-state index in [1.165, 1.54) is 0 Å². The molecule has 0 aliphatic carbocycles. The highest BCUT2D eigenvalue weighted by molar-refractivity contribution is 5.72. The van der Waals surface area contributed by atoms with Gasteiger partial charge in [0, 0.05) is 23.9 Å². The van der Waals surface area contributed by atoms with Crippen LogP contribution in [0.15, 0.2) is 0 Å². The van der Waals surface area contributed by atoms with Crippen LogP contribution in [0.4, 0.5) is 0 Å². The van der Waals surface area contributed by atoms with E-state index in [2.05, 4.69) is 0 Å². The molecular weight excluding hydrogens is 230 g/mol. The van der Waals surface area contributed by atoms with Gasteiger partial charge in [-0.1, -0.05) is 13.8 Å². The van der Waals surface area contributed by atoms with E-state index in [9.17, 15) is 10.0 Å². The molecule has 0 aromatic carbocycles. The molecule has 0 aromatic heterocycles. The van der Waals surface area contributed by atoms with Crippen LogP contribution in [0.5, 0.6) is 0 Å². The molecule has 1 atom stereocenters. The molecule has 0 saturated carbocycles. The predicted octanol–water partition coefficient (Wildman–Crippen LogP) is 2.94. The van der Waals surface area contributed by atoms with Crippen LogP contribution in [-0.2, 0) is 14.7 Å². The van der Waals surface area contributed by atoms with Crippen LogP contribution in [0.1, 0.15) is 60.8 Å². The van der Waals surface area contributed by atoms with E-state index in [0.717, 1.165) is 11.5 Å². The molecule has 0 aromatic rings. The molecule has 0 spiro atoms. The van der Waals surface area contributed by atoms with Gasteiger partial charge in [-0.25, -0.2) is 0 Å². The Labute approximate surface area is 110 Å². The number of hydrogen-bond donors (Lipinski definition) is 0. The summed E-state index contributed by atoms with van der Waals surface area (Å²) in [7, 11) is 0. The van der Waals surface area contributed by atoms with E-state index in [-0.39, 0.29) is 18.0 Å². The van der Waals surface area contributed by atoms with Gasteiger partial charge < -0.3 is 4.74 Å². The first-order valence-electron chi connectivity index (χ1n) is 6.78. The Morgan fingerprint density at radius 2 is 1.72 bits per heavy atom. The van der Waals surface area contributed by atoms with E-state index in [4.69, 9.17) is 4.74 Å². The van der Waals surface area contributed by atoms with Gasteiger partial charge in [-0.05, 0) is 34.1 Å². The molecule has 1 heterocycles. The summed E-state index contributed by atoms with van der Waals surface area (Å²) in [4.78, 5) is 11.8. The lowest BCUT2D eigenvalue weighted by Gasteiger charge is -2.49. The van der Waals surface area contributed by atoms with Gasteiger partial charge >= 0.3 is 5.97 Å². The van der Waals surface area contributed by atoms with Gasteiger partial charge in [0.15, 0.2) is 0 Å². The molecular formula is C14H26NO3. The van der Waals surface area contributed by atoms with Gasteiger partial charge in [0.2, 0.25) is 0 Å². The van der Waals surface area contributed by atoms with Gasteiger partial charge in [0.05, 0.1) is 5.92 Å². The lowest BCUT2D eigenvalue weighted by atomic mass is 9.80. The molecule has 1 radical (unpaired) electrons. The quantitative estimate of drug-likeness (QED) is 0.729. The van der Waals surface area contributed by atoms with Crippen molar-refractivity contribution in [2.45, 2.75) is 78.0 Å². The van der Waals surface area contributed by atoms with Crippen molar-refractivity contribution in [1.82, 2.24) is 5.06 Å². The lowest BCUT2D eigenvalue weighted by molar-refractivity contribution is -0.299. The minimum absolute atomic E-state index is 0.0681. The molecule has 1 rings (SSSR count). The third-order valence-corrected chi connectivity index (χ3v) is 3.85. The summed E-state index contributed by atoms with van der Waals surface area (Å²) in [6.45, 7) is 11.5. The average molecular weight is 256 g/mol. The summed E-state index contributed by atoms with van der Waals surface area (Å²) < 4.78 is 5.56. The zero-order chi connectivity index (χ0) is 14.1. The number of hydrogen-bond acceptors (Lipinski definition) is 3. The third kappa shape index (κ3) is 3.23. The zero-order valence-electron chi connectivity index (χ0n) is 12.4. The predicted molar refractivity (Wildman–Crippen MR) is 69.3 cm³/mol. The molecule has 1 unspecified atom stereocenters. The van der Waals surface area contributed by atoms with E-state index >= 15 is 0 Å². The number of piperidine rings is 1. The fourth-order valence-corrected chi connectivity index (χ4v) is 2.70. The molecule has 105 valence electrons. The van der Waals surface area contributed by atoms with Crippen LogP contribution < -0.4 is 0 Å². The highest BCUT2D eigenvalue weighted by Crippen LogP contribution is 2.38. The zero-order valence-corrected chi connectivity index (χ0v) is 12.4. The van der Waals surface area contributed by atoms with Crippen molar-refractivity contribution in [3.05, 3.63) is 0 Å². The molecule has 0 bridgehead atoms. The van der Waals surface area contributed by atoms with Gasteiger partial charge in [0.1, 0.15) is 6.10 Å². The number of esters is 1. The first-order chi connectivity index (χ1) is 8.10. The topological polar surface area (TPSA) is 49.4 Å². The molecule has 1 saturated heterocycles. The number of carbonyl (C=O) groups is 1. The lowest BCUT2D eigenvalue weighted by Crippen LogP contribution is -2.60. The molecule has 1 aliphatic rings. The molecule has 18 heavy (non-hydrogen) atoms. The summed E-state index contributed by atoms with van der Waals surface area (Å²) in [5, 5.41) is 13.3. The van der Waals surface area contributed by atoms with Crippen molar-refractivity contribution in [1.29, 1.82) is 0 Å². The van der Waals surface area contributed by atoms with E-state index < -0.39 is 11.1 Å². The summed E-state index contributed by atoms with van der Waals surface area (Å²) in [6.07, 6.45) is 1.83. The monoisotopic (exact) mass is 256 g/mol. The van der Waals surface area contributed by atoms with Crippen molar-refractivity contribution < 1.29 is 14.7 Å². The summed E-state index contributed by atoms with van der Waals surface area (Å²) in [6, 6.07) is 0. The number of carbonyl (C=O) groups excluding carboxylic acids is 1. The largest absolute Gasteiger partial charge is 0.462 e. The maximum atomic E-state index is 12.2. The minimum Gasteiger partial charge on any atom is -0.462 e. The van der Waals surface area contributed by atoms with E-state index in [1.807, 2.05) is 41.5 Å². The molecule has 0 N–H and O–H groups in total. The number of hydroxylamine groups is 2. The standard InChI is InChI=1S/C14H26NO3/c1-7-10(2)12(16)18-11-8-13(3,4)15(17)14(5,6)9-11/h10-11H,7-9H2,1-6H3. The number of rotatable bonds is 3. The minimum atomic E-state index is -0.484. The van der Waals surface area contributed by atoms with E-state index in [1.54, 1.807) is 0 Å². The van der Waals surface area contributed by atoms with Crippen LogP contribution in [0, 0.1) is 5.92 Å². The number of ether oxygens (including phenoxy) is 1. The fourth-order valence-electron chi connectivity index (χ4n) is 2.70. The Hall–Kier alpha value is -0.610. The van der Waals surface area contributed by atoms with Gasteiger partial charge in [-0.2, -0.15) is 0 Å². The number of nitrogens with zero attached hydrogens (tertiary/aromatic N) is 1. The first kappa shape index (κ1) is 15.4. The normalized spacial score (nSPS) is 25.7. The Bertz CT molecular complexity index is 294. The Balaban J connectivity index is 2.72. The van der Waals surface area contributed by atoms with E-state index in [0.29, 0.717) is 12.8 Å². The second-order valence-corrected chi connectivity index (χ2v) is 6.70. The summed E-state index contributed by atoms with van der Waals surface area (Å²) >= 11 is 0. The van der Waals surface area contributed by atoms with Crippen molar-refractivity contribution in [3.8, 4) is 0 Å². The van der Waals surface area contributed by atoms with Crippen LogP contribution in [0.25, 0.3) is 0 Å². The first-order valence-corrected chi connectivity index (χ1v) is 6.78. The third-order valence-electron chi connectivity index (χ3n) is 3.85. The highest BCUT2D eigenvalue weighted by Gasteiger charge is 2.47. The highest BCUT2D eigenvalue weighted by atomic mass is 16.5. The maximum absolute atomic E-state index is 12.2. The Morgan fingerprint density at radius 1 is 1.28 bits per heavy atom. The van der Waals surface area contributed by atoms with Crippen molar-refractivity contribution in [3.63, 3.8) is 0 Å². The fraction of sp³-hybridized carbons (Fsp3) is 0.929. The van der Waals surface area contributed by atoms with Crippen LogP contribution in [-0.4, -0.2) is 28.2 Å². The van der Waals surface area contributed by atoms with Gasteiger partial charge in [-0.15, -0.1) is 10.3 Å². The summed E-state index contributed by atoms with van der Waals surface area (Å²) in [5.41, 5.74) is -0.968. The maximum Gasteiger partial charge on any atom is 0.308 e.